The van der Waals surface area contributed by atoms with Crippen molar-refractivity contribution in [3.05, 3.63) is 5.82 Å². The molecule has 0 aliphatic heterocycles. The summed E-state index contributed by atoms with van der Waals surface area (Å²) in [6.45, 7) is 2.37. The molecule has 0 aliphatic rings. The van der Waals surface area contributed by atoms with E-state index in [1.807, 2.05) is 6.92 Å². The van der Waals surface area contributed by atoms with Gasteiger partial charge in [-0.1, -0.05) is 0 Å². The highest BCUT2D eigenvalue weighted by Gasteiger charge is 2.07. The zero-order valence-electron chi connectivity index (χ0n) is 6.09. The number of H-pyrrole nitrogens is 1. The largest absolute Gasteiger partial charge is 0.366 e. The number of nitrogens with two attached hydrogens (primary N) is 1. The Morgan fingerprint density at radius 1 is 1.82 bits per heavy atom. The molecule has 0 atom stereocenters. The number of rotatable bonds is 2. The van der Waals surface area contributed by atoms with Crippen molar-refractivity contribution >= 4 is 11.9 Å². The van der Waals surface area contributed by atoms with Gasteiger partial charge in [0.05, 0.1) is 0 Å². The van der Waals surface area contributed by atoms with Crippen LogP contribution in [-0.2, 0) is 0 Å². The second-order valence-electron chi connectivity index (χ2n) is 1.90. The van der Waals surface area contributed by atoms with Crippen molar-refractivity contribution in [2.24, 2.45) is 0 Å². The van der Waals surface area contributed by atoms with Crippen LogP contribution in [0.5, 0.6) is 0 Å². The number of nitrogens with zero attached hydrogens (tertiary/aromatic N) is 2. The molecule has 4 N–H and O–H groups in total. The number of aromatic amines is 1. The van der Waals surface area contributed by atoms with Crippen LogP contribution in [0.2, 0.25) is 0 Å². The van der Waals surface area contributed by atoms with Crippen LogP contribution in [0.1, 0.15) is 17.5 Å². The van der Waals surface area contributed by atoms with E-state index in [1.165, 1.54) is 0 Å². The van der Waals surface area contributed by atoms with E-state index in [0.29, 0.717) is 6.54 Å². The molecule has 1 rings (SSSR count). The van der Waals surface area contributed by atoms with E-state index in [9.17, 15) is 4.79 Å². The molecule has 1 aromatic heterocycles. The van der Waals surface area contributed by atoms with Gasteiger partial charge in [-0.25, -0.2) is 0 Å². The maximum absolute atomic E-state index is 11.0. The van der Waals surface area contributed by atoms with Crippen molar-refractivity contribution in [3.63, 3.8) is 0 Å². The molecule has 0 saturated carbocycles. The number of hydrogen-bond acceptors (Lipinski definition) is 4. The Labute approximate surface area is 63.2 Å². The Morgan fingerprint density at radius 3 is 3.00 bits per heavy atom. The maximum atomic E-state index is 11.0. The van der Waals surface area contributed by atoms with Gasteiger partial charge in [0.1, 0.15) is 0 Å². The molecule has 0 fully saturated rings. The zero-order valence-corrected chi connectivity index (χ0v) is 6.09. The average Bonchev–Trinajstić information content (AvgIpc) is 2.36. The third-order valence-corrected chi connectivity index (χ3v) is 1.06. The smallest absolute Gasteiger partial charge is 0.288 e. The number of nitrogens with one attached hydrogen (secondary N) is 2. The second kappa shape index (κ2) is 3.00. The van der Waals surface area contributed by atoms with Crippen molar-refractivity contribution in [1.29, 1.82) is 0 Å². The molecule has 6 nitrogen and oxygen atoms in total. The first-order valence-electron chi connectivity index (χ1n) is 3.20. The van der Waals surface area contributed by atoms with Gasteiger partial charge in [-0.2, -0.15) is 4.98 Å². The lowest BCUT2D eigenvalue weighted by Crippen LogP contribution is -2.23. The molecule has 1 heterocycles. The van der Waals surface area contributed by atoms with E-state index in [0.717, 1.165) is 0 Å². The average molecular weight is 155 g/mol. The summed E-state index contributed by atoms with van der Waals surface area (Å²) in [6.07, 6.45) is 0. The lowest BCUT2D eigenvalue weighted by Gasteiger charge is -1.94. The van der Waals surface area contributed by atoms with Crippen LogP contribution < -0.4 is 11.1 Å². The summed E-state index contributed by atoms with van der Waals surface area (Å²) in [4.78, 5) is 14.6. The van der Waals surface area contributed by atoms with Gasteiger partial charge in [-0.3, -0.25) is 9.89 Å². The summed E-state index contributed by atoms with van der Waals surface area (Å²) >= 11 is 0. The van der Waals surface area contributed by atoms with Gasteiger partial charge in [0, 0.05) is 6.54 Å². The SMILES string of the molecule is CCNC(=O)c1nc(N)n[nH]1. The highest BCUT2D eigenvalue weighted by atomic mass is 16.2. The first-order chi connectivity index (χ1) is 5.24. The van der Waals surface area contributed by atoms with E-state index in [2.05, 4.69) is 20.5 Å². The minimum absolute atomic E-state index is 0.0752. The Balaban J connectivity index is 2.69. The Bertz CT molecular complexity index is 255. The van der Waals surface area contributed by atoms with Gasteiger partial charge in [0.15, 0.2) is 0 Å². The summed E-state index contributed by atoms with van der Waals surface area (Å²) in [5, 5.41) is 8.44. The molecule has 60 valence electrons. The molecule has 0 radical (unpaired) electrons. The van der Waals surface area contributed by atoms with E-state index >= 15 is 0 Å². The van der Waals surface area contributed by atoms with Crippen molar-refractivity contribution in [1.82, 2.24) is 20.5 Å². The van der Waals surface area contributed by atoms with Crippen molar-refractivity contribution in [2.75, 3.05) is 12.3 Å². The Hall–Kier alpha value is -1.59. The maximum Gasteiger partial charge on any atom is 0.288 e. The van der Waals surface area contributed by atoms with Crippen LogP contribution in [0.15, 0.2) is 0 Å². The molecule has 0 spiro atoms. The van der Waals surface area contributed by atoms with Crippen LogP contribution in [-0.4, -0.2) is 27.6 Å². The van der Waals surface area contributed by atoms with Crippen LogP contribution in [0.25, 0.3) is 0 Å². The van der Waals surface area contributed by atoms with Crippen molar-refractivity contribution < 1.29 is 4.79 Å². The molecule has 1 aromatic rings. The summed E-state index contributed by atoms with van der Waals surface area (Å²) in [5.41, 5.74) is 5.18. The molecular weight excluding hydrogens is 146 g/mol. The molecule has 1 amide bonds. The summed E-state index contributed by atoms with van der Waals surface area (Å²) < 4.78 is 0. The molecule has 0 saturated heterocycles. The minimum Gasteiger partial charge on any atom is -0.366 e. The monoisotopic (exact) mass is 155 g/mol. The fraction of sp³-hybridized carbons (Fsp3) is 0.400. The highest BCUT2D eigenvalue weighted by molar-refractivity contribution is 5.90. The summed E-state index contributed by atoms with van der Waals surface area (Å²) in [5.74, 6) is -0.0766. The van der Waals surface area contributed by atoms with Crippen molar-refractivity contribution in [3.8, 4) is 0 Å². The minimum atomic E-state index is -0.295. The van der Waals surface area contributed by atoms with Gasteiger partial charge in [-0.05, 0) is 6.92 Å². The van der Waals surface area contributed by atoms with Gasteiger partial charge >= 0.3 is 0 Å². The molecular formula is C5H9N5O. The fourth-order valence-electron chi connectivity index (χ4n) is 0.621. The third kappa shape index (κ3) is 1.66. The number of nitrogen functional groups attached to an aromatic ring is 1. The number of carbonyl (C=O) groups excluding carboxylic acids is 1. The number of aromatic nitrogens is 3. The first kappa shape index (κ1) is 7.52. The van der Waals surface area contributed by atoms with E-state index in [4.69, 9.17) is 5.73 Å². The zero-order chi connectivity index (χ0) is 8.27. The lowest BCUT2D eigenvalue weighted by atomic mass is 10.5. The quantitative estimate of drug-likeness (QED) is 0.517. The van der Waals surface area contributed by atoms with Gasteiger partial charge < -0.3 is 11.1 Å². The first-order valence-corrected chi connectivity index (χ1v) is 3.20. The summed E-state index contributed by atoms with van der Waals surface area (Å²) in [6, 6.07) is 0. The van der Waals surface area contributed by atoms with Crippen molar-refractivity contribution in [2.45, 2.75) is 6.92 Å². The standard InChI is InChI=1S/C5H9N5O/c1-2-7-4(11)3-8-5(6)10-9-3/h2H2,1H3,(H,7,11)(H3,6,8,9,10). The molecule has 0 bridgehead atoms. The Morgan fingerprint density at radius 2 is 2.55 bits per heavy atom. The molecule has 0 unspecified atom stereocenters. The van der Waals surface area contributed by atoms with E-state index < -0.39 is 0 Å². The Kier molecular flexibility index (Phi) is 2.05. The molecule has 11 heavy (non-hydrogen) atoms. The lowest BCUT2D eigenvalue weighted by molar-refractivity contribution is 0.0946. The van der Waals surface area contributed by atoms with Crippen LogP contribution in [0.3, 0.4) is 0 Å². The predicted molar refractivity (Wildman–Crippen MR) is 38.8 cm³/mol. The summed E-state index contributed by atoms with van der Waals surface area (Å²) in [7, 11) is 0. The third-order valence-electron chi connectivity index (χ3n) is 1.06. The molecule has 0 aliphatic carbocycles. The number of anilines is 1. The molecule has 6 heteroatoms. The second-order valence-corrected chi connectivity index (χ2v) is 1.90. The predicted octanol–water partition coefficient (Wildman–Crippen LogP) is -0.863. The van der Waals surface area contributed by atoms with Crippen LogP contribution >= 0.6 is 0 Å². The van der Waals surface area contributed by atoms with E-state index in [1.54, 1.807) is 0 Å². The van der Waals surface area contributed by atoms with Gasteiger partial charge in [0.25, 0.3) is 5.91 Å². The number of hydrogen-bond donors (Lipinski definition) is 3. The van der Waals surface area contributed by atoms with E-state index in [-0.39, 0.29) is 17.7 Å². The molecule has 0 aromatic carbocycles. The van der Waals surface area contributed by atoms with Crippen LogP contribution in [0, 0.1) is 0 Å². The van der Waals surface area contributed by atoms with Crippen LogP contribution in [0.4, 0.5) is 5.95 Å². The number of amides is 1. The fourth-order valence-corrected chi connectivity index (χ4v) is 0.621. The topological polar surface area (TPSA) is 96.7 Å². The van der Waals surface area contributed by atoms with Gasteiger partial charge in [0.2, 0.25) is 11.8 Å². The normalized spacial score (nSPS) is 9.55. The number of carbonyl (C=O) groups is 1. The van der Waals surface area contributed by atoms with Gasteiger partial charge in [-0.15, -0.1) is 5.10 Å². The highest BCUT2D eigenvalue weighted by Crippen LogP contribution is 1.91.